The molecule has 0 bridgehead atoms. The van der Waals surface area contributed by atoms with E-state index in [4.69, 9.17) is 9.52 Å². The van der Waals surface area contributed by atoms with E-state index in [1.54, 1.807) is 6.26 Å². The van der Waals surface area contributed by atoms with Crippen LogP contribution in [0, 0.1) is 6.92 Å². The predicted octanol–water partition coefficient (Wildman–Crippen LogP) is 3.04. The van der Waals surface area contributed by atoms with Crippen LogP contribution in [0.3, 0.4) is 0 Å². The Morgan fingerprint density at radius 2 is 1.93 bits per heavy atom. The number of aromatic nitrogens is 1. The van der Waals surface area contributed by atoms with Crippen LogP contribution in [-0.4, -0.2) is 60.2 Å². The summed E-state index contributed by atoms with van der Waals surface area (Å²) in [5.41, 5.74) is 3.69. The maximum absolute atomic E-state index is 5.01. The molecule has 28 heavy (non-hydrogen) atoms. The lowest BCUT2D eigenvalue weighted by Crippen LogP contribution is -2.52. The van der Waals surface area contributed by atoms with E-state index in [1.165, 1.54) is 11.1 Å². The first kappa shape index (κ1) is 20.4. The van der Waals surface area contributed by atoms with Crippen molar-refractivity contribution in [2.75, 3.05) is 39.3 Å². The van der Waals surface area contributed by atoms with Crippen molar-refractivity contribution in [2.45, 2.75) is 39.7 Å². The maximum Gasteiger partial charge on any atom is 0.194 e. The average molecular weight is 384 g/mol. The SMILES string of the molecule is CCNC(=NCC(C)(C)c1ccccc1C)N1CCN(Cc2ccon2)CC1. The number of nitrogens with one attached hydrogen (secondary N) is 1. The van der Waals surface area contributed by atoms with Gasteiger partial charge in [-0.25, -0.2) is 0 Å². The fraction of sp³-hybridized carbons (Fsp3) is 0.545. The highest BCUT2D eigenvalue weighted by Crippen LogP contribution is 2.26. The first-order chi connectivity index (χ1) is 13.5. The summed E-state index contributed by atoms with van der Waals surface area (Å²) in [5.74, 6) is 1.02. The van der Waals surface area contributed by atoms with Gasteiger partial charge in [-0.2, -0.15) is 0 Å². The Morgan fingerprint density at radius 1 is 1.18 bits per heavy atom. The van der Waals surface area contributed by atoms with Crippen LogP contribution in [0.5, 0.6) is 0 Å². The van der Waals surface area contributed by atoms with Gasteiger partial charge in [-0.05, 0) is 25.0 Å². The number of nitrogens with zero attached hydrogens (tertiary/aromatic N) is 4. The molecule has 0 unspecified atom stereocenters. The molecule has 1 aliphatic rings. The predicted molar refractivity (Wildman–Crippen MR) is 114 cm³/mol. The van der Waals surface area contributed by atoms with Crippen LogP contribution in [0.15, 0.2) is 46.1 Å². The standard InChI is InChI=1S/C22H33N5O/c1-5-23-21(24-17-22(3,4)20-9-7-6-8-18(20)2)27-13-11-26(12-14-27)16-19-10-15-28-25-19/h6-10,15H,5,11-14,16-17H2,1-4H3,(H,23,24). The number of aryl methyl sites for hydroxylation is 1. The van der Waals surface area contributed by atoms with E-state index in [-0.39, 0.29) is 5.41 Å². The molecule has 1 aromatic heterocycles. The molecule has 1 fully saturated rings. The minimum atomic E-state index is 0.000783. The van der Waals surface area contributed by atoms with E-state index < -0.39 is 0 Å². The molecule has 6 nitrogen and oxygen atoms in total. The minimum absolute atomic E-state index is 0.000783. The Kier molecular flexibility index (Phi) is 6.73. The molecule has 1 saturated heterocycles. The highest BCUT2D eigenvalue weighted by molar-refractivity contribution is 5.80. The van der Waals surface area contributed by atoms with Crippen LogP contribution in [0.25, 0.3) is 0 Å². The van der Waals surface area contributed by atoms with Crippen LogP contribution in [0.4, 0.5) is 0 Å². The Balaban J connectivity index is 1.62. The van der Waals surface area contributed by atoms with Crippen molar-refractivity contribution in [2.24, 2.45) is 4.99 Å². The van der Waals surface area contributed by atoms with Crippen LogP contribution in [0.1, 0.15) is 37.6 Å². The smallest absolute Gasteiger partial charge is 0.194 e. The van der Waals surface area contributed by atoms with Crippen molar-refractivity contribution >= 4 is 5.96 Å². The van der Waals surface area contributed by atoms with Crippen molar-refractivity contribution in [3.63, 3.8) is 0 Å². The summed E-state index contributed by atoms with van der Waals surface area (Å²) < 4.78 is 4.94. The maximum atomic E-state index is 5.01. The molecule has 3 rings (SSSR count). The third-order valence-electron chi connectivity index (χ3n) is 5.38. The second-order valence-electron chi connectivity index (χ2n) is 8.12. The Morgan fingerprint density at radius 3 is 2.57 bits per heavy atom. The zero-order chi connectivity index (χ0) is 20.0. The van der Waals surface area contributed by atoms with Crippen molar-refractivity contribution in [3.05, 3.63) is 53.4 Å². The average Bonchev–Trinajstić information content (AvgIpc) is 3.19. The van der Waals surface area contributed by atoms with Crippen LogP contribution in [-0.2, 0) is 12.0 Å². The third-order valence-corrected chi connectivity index (χ3v) is 5.38. The molecular weight excluding hydrogens is 350 g/mol. The monoisotopic (exact) mass is 383 g/mol. The van der Waals surface area contributed by atoms with E-state index in [0.717, 1.165) is 57.5 Å². The van der Waals surface area contributed by atoms with Crippen LogP contribution in [0.2, 0.25) is 0 Å². The first-order valence-electron chi connectivity index (χ1n) is 10.2. The third kappa shape index (κ3) is 5.13. The van der Waals surface area contributed by atoms with E-state index in [2.05, 4.69) is 72.2 Å². The molecule has 1 aromatic carbocycles. The Bertz CT molecular complexity index is 761. The fourth-order valence-corrected chi connectivity index (χ4v) is 3.78. The second-order valence-corrected chi connectivity index (χ2v) is 8.12. The highest BCUT2D eigenvalue weighted by atomic mass is 16.5. The highest BCUT2D eigenvalue weighted by Gasteiger charge is 2.24. The van der Waals surface area contributed by atoms with Gasteiger partial charge in [-0.3, -0.25) is 9.89 Å². The van der Waals surface area contributed by atoms with Crippen LogP contribution >= 0.6 is 0 Å². The quantitative estimate of drug-likeness (QED) is 0.614. The molecule has 0 saturated carbocycles. The van der Waals surface area contributed by atoms with Gasteiger partial charge in [0.15, 0.2) is 5.96 Å². The van der Waals surface area contributed by atoms with Gasteiger partial charge in [0, 0.05) is 50.7 Å². The number of rotatable bonds is 6. The molecule has 152 valence electrons. The molecule has 0 amide bonds. The van der Waals surface area contributed by atoms with Crippen molar-refractivity contribution < 1.29 is 4.52 Å². The normalized spacial score (nSPS) is 16.4. The molecular formula is C22H33N5O. The number of hydrogen-bond acceptors (Lipinski definition) is 4. The van der Waals surface area contributed by atoms with Crippen molar-refractivity contribution in [1.29, 1.82) is 0 Å². The topological polar surface area (TPSA) is 56.9 Å². The fourth-order valence-electron chi connectivity index (χ4n) is 3.78. The first-order valence-corrected chi connectivity index (χ1v) is 10.2. The number of piperazine rings is 1. The van der Waals surface area contributed by atoms with Crippen molar-refractivity contribution in [3.8, 4) is 0 Å². The molecule has 1 N–H and O–H groups in total. The summed E-state index contributed by atoms with van der Waals surface area (Å²) in [7, 11) is 0. The van der Waals surface area contributed by atoms with E-state index in [9.17, 15) is 0 Å². The molecule has 1 aliphatic heterocycles. The number of hydrogen-bond donors (Lipinski definition) is 1. The molecule has 0 aliphatic carbocycles. The van der Waals surface area contributed by atoms with Gasteiger partial charge in [0.05, 0.1) is 12.2 Å². The lowest BCUT2D eigenvalue weighted by molar-refractivity contribution is 0.169. The molecule has 2 heterocycles. The van der Waals surface area contributed by atoms with Crippen molar-refractivity contribution in [1.82, 2.24) is 20.3 Å². The summed E-state index contributed by atoms with van der Waals surface area (Å²) in [6.07, 6.45) is 1.64. The Hall–Kier alpha value is -2.34. The summed E-state index contributed by atoms with van der Waals surface area (Å²) in [6, 6.07) is 10.6. The van der Waals surface area contributed by atoms with Gasteiger partial charge in [0.2, 0.25) is 0 Å². The molecule has 2 aromatic rings. The molecule has 6 heteroatoms. The Labute approximate surface area is 168 Å². The molecule has 0 atom stereocenters. The largest absolute Gasteiger partial charge is 0.364 e. The zero-order valence-electron chi connectivity index (χ0n) is 17.6. The van der Waals surface area contributed by atoms with E-state index in [1.807, 2.05) is 6.07 Å². The molecule has 0 spiro atoms. The van der Waals surface area contributed by atoms with Gasteiger partial charge in [0.25, 0.3) is 0 Å². The number of aliphatic imine (C=N–C) groups is 1. The zero-order valence-corrected chi connectivity index (χ0v) is 17.6. The second kappa shape index (κ2) is 9.24. The van der Waals surface area contributed by atoms with E-state index in [0.29, 0.717) is 0 Å². The van der Waals surface area contributed by atoms with Gasteiger partial charge < -0.3 is 14.7 Å². The summed E-state index contributed by atoms with van der Waals surface area (Å²) >= 11 is 0. The van der Waals surface area contributed by atoms with Crippen LogP contribution < -0.4 is 5.32 Å². The summed E-state index contributed by atoms with van der Waals surface area (Å²) in [4.78, 5) is 9.80. The van der Waals surface area contributed by atoms with Gasteiger partial charge in [-0.15, -0.1) is 0 Å². The molecule has 0 radical (unpaired) electrons. The minimum Gasteiger partial charge on any atom is -0.364 e. The number of benzene rings is 1. The summed E-state index contributed by atoms with van der Waals surface area (Å²) in [6.45, 7) is 15.3. The van der Waals surface area contributed by atoms with Gasteiger partial charge >= 0.3 is 0 Å². The van der Waals surface area contributed by atoms with Gasteiger partial charge in [0.1, 0.15) is 6.26 Å². The van der Waals surface area contributed by atoms with Gasteiger partial charge in [-0.1, -0.05) is 43.3 Å². The van der Waals surface area contributed by atoms with E-state index >= 15 is 0 Å². The lowest BCUT2D eigenvalue weighted by Gasteiger charge is -2.36. The lowest BCUT2D eigenvalue weighted by atomic mass is 9.82. The number of guanidine groups is 1. The summed E-state index contributed by atoms with van der Waals surface area (Å²) in [5, 5.41) is 7.50.